The van der Waals surface area contributed by atoms with Crippen LogP contribution in [0.2, 0.25) is 0 Å². The van der Waals surface area contributed by atoms with E-state index in [2.05, 4.69) is 0 Å². The molecule has 0 bridgehead atoms. The highest BCUT2D eigenvalue weighted by atomic mass is 19.4. The molecule has 0 aliphatic heterocycles. The summed E-state index contributed by atoms with van der Waals surface area (Å²) in [5.41, 5.74) is -2.67. The first-order valence-electron chi connectivity index (χ1n) is 7.03. The number of non-ortho nitro benzene ring substituents is 1. The van der Waals surface area contributed by atoms with Gasteiger partial charge in [0, 0.05) is 25.4 Å². The molecule has 138 valence electrons. The number of nitro groups is 1. The van der Waals surface area contributed by atoms with E-state index in [1.807, 2.05) is 5.32 Å². The van der Waals surface area contributed by atoms with Crippen LogP contribution < -0.4 is 5.32 Å². The standard InChI is InChI=1S/C15H12F3N3O5/c1-20-6-2-3-12(20)14(23)26-8-13(22)19-11-5-4-9(21(24)25)7-10(11)15(16,17)18/h2-7H,8H2,1H3,(H,19,22). The number of aromatic nitrogens is 1. The Morgan fingerprint density at radius 2 is 2.00 bits per heavy atom. The molecule has 0 saturated carbocycles. The molecule has 11 heteroatoms. The first-order chi connectivity index (χ1) is 12.1. The molecule has 0 aliphatic rings. The summed E-state index contributed by atoms with van der Waals surface area (Å²) in [5.74, 6) is -1.85. The second kappa shape index (κ2) is 7.25. The van der Waals surface area contributed by atoms with Crippen LogP contribution in [-0.4, -0.2) is 28.0 Å². The van der Waals surface area contributed by atoms with Gasteiger partial charge in [0.15, 0.2) is 6.61 Å². The number of carbonyl (C=O) groups excluding carboxylic acids is 2. The number of nitro benzene ring substituents is 1. The summed E-state index contributed by atoms with van der Waals surface area (Å²) in [6.07, 6.45) is -3.35. The number of hydrogen-bond acceptors (Lipinski definition) is 5. The zero-order chi connectivity index (χ0) is 19.5. The number of ether oxygens (including phenoxy) is 1. The molecule has 1 aromatic heterocycles. The predicted molar refractivity (Wildman–Crippen MR) is 82.4 cm³/mol. The van der Waals surface area contributed by atoms with E-state index in [9.17, 15) is 32.9 Å². The number of halogens is 3. The molecule has 2 rings (SSSR count). The summed E-state index contributed by atoms with van der Waals surface area (Å²) in [7, 11) is 1.57. The van der Waals surface area contributed by atoms with Crippen molar-refractivity contribution in [3.63, 3.8) is 0 Å². The SMILES string of the molecule is Cn1cccc1C(=O)OCC(=O)Nc1ccc([N+](=O)[O-])cc1C(F)(F)F. The fourth-order valence-corrected chi connectivity index (χ4v) is 2.05. The second-order valence-electron chi connectivity index (χ2n) is 5.11. The van der Waals surface area contributed by atoms with E-state index in [0.717, 1.165) is 12.1 Å². The second-order valence-corrected chi connectivity index (χ2v) is 5.11. The Labute approximate surface area is 144 Å². The lowest BCUT2D eigenvalue weighted by atomic mass is 10.1. The summed E-state index contributed by atoms with van der Waals surface area (Å²) in [4.78, 5) is 33.2. The summed E-state index contributed by atoms with van der Waals surface area (Å²) in [6, 6.07) is 4.91. The molecule has 0 unspecified atom stereocenters. The van der Waals surface area contributed by atoms with Crippen LogP contribution in [0.15, 0.2) is 36.5 Å². The van der Waals surface area contributed by atoms with Gasteiger partial charge in [0.1, 0.15) is 5.69 Å². The molecule has 0 saturated heterocycles. The van der Waals surface area contributed by atoms with Gasteiger partial charge in [0.25, 0.3) is 11.6 Å². The third kappa shape index (κ3) is 4.37. The number of hydrogen-bond donors (Lipinski definition) is 1. The molecule has 1 amide bonds. The molecule has 0 spiro atoms. The summed E-state index contributed by atoms with van der Waals surface area (Å²) >= 11 is 0. The van der Waals surface area contributed by atoms with Crippen LogP contribution in [-0.2, 0) is 22.8 Å². The van der Waals surface area contributed by atoms with Crippen molar-refractivity contribution in [3.8, 4) is 0 Å². The van der Waals surface area contributed by atoms with Crippen LogP contribution in [0.3, 0.4) is 0 Å². The van der Waals surface area contributed by atoms with Gasteiger partial charge in [-0.15, -0.1) is 0 Å². The van der Waals surface area contributed by atoms with Gasteiger partial charge < -0.3 is 14.6 Å². The lowest BCUT2D eigenvalue weighted by Gasteiger charge is -2.13. The first-order valence-corrected chi connectivity index (χ1v) is 7.03. The fourth-order valence-electron chi connectivity index (χ4n) is 2.05. The third-order valence-electron chi connectivity index (χ3n) is 3.28. The topological polar surface area (TPSA) is 103 Å². The molecule has 1 aromatic carbocycles. The normalized spacial score (nSPS) is 11.1. The number of aryl methyl sites for hydroxylation is 1. The molecular formula is C15H12F3N3O5. The molecule has 26 heavy (non-hydrogen) atoms. The number of carbonyl (C=O) groups is 2. The smallest absolute Gasteiger partial charge is 0.418 e. The number of anilines is 1. The minimum absolute atomic E-state index is 0.157. The van der Waals surface area contributed by atoms with Crippen molar-refractivity contribution >= 4 is 23.3 Å². The maximum Gasteiger partial charge on any atom is 0.418 e. The predicted octanol–water partition coefficient (Wildman–Crippen LogP) is 2.75. The first kappa shape index (κ1) is 19.0. The lowest BCUT2D eigenvalue weighted by Crippen LogP contribution is -2.23. The minimum Gasteiger partial charge on any atom is -0.451 e. The van der Waals surface area contributed by atoms with Crippen LogP contribution in [0.1, 0.15) is 16.1 Å². The molecule has 0 aliphatic carbocycles. The number of rotatable bonds is 5. The summed E-state index contributed by atoms with van der Waals surface area (Å²) in [6.45, 7) is -0.821. The monoisotopic (exact) mass is 371 g/mol. The average Bonchev–Trinajstić information content (AvgIpc) is 2.98. The summed E-state index contributed by atoms with van der Waals surface area (Å²) < 4.78 is 45.2. The van der Waals surface area contributed by atoms with Crippen molar-refractivity contribution in [3.05, 3.63) is 57.9 Å². The van der Waals surface area contributed by atoms with Crippen LogP contribution in [0.25, 0.3) is 0 Å². The number of nitrogens with zero attached hydrogens (tertiary/aromatic N) is 2. The molecule has 1 N–H and O–H groups in total. The van der Waals surface area contributed by atoms with E-state index in [0.29, 0.717) is 6.07 Å². The maximum atomic E-state index is 13.0. The van der Waals surface area contributed by atoms with E-state index >= 15 is 0 Å². The van der Waals surface area contributed by atoms with E-state index in [1.54, 1.807) is 19.3 Å². The van der Waals surface area contributed by atoms with Crippen molar-refractivity contribution in [2.75, 3.05) is 11.9 Å². The van der Waals surface area contributed by atoms with Gasteiger partial charge >= 0.3 is 12.1 Å². The van der Waals surface area contributed by atoms with Crippen LogP contribution >= 0.6 is 0 Å². The maximum absolute atomic E-state index is 13.0. The largest absolute Gasteiger partial charge is 0.451 e. The molecular weight excluding hydrogens is 359 g/mol. The van der Waals surface area contributed by atoms with E-state index in [1.165, 1.54) is 10.6 Å². The highest BCUT2D eigenvalue weighted by Crippen LogP contribution is 2.37. The number of amides is 1. The van der Waals surface area contributed by atoms with Crippen molar-refractivity contribution in [1.82, 2.24) is 4.57 Å². The van der Waals surface area contributed by atoms with Crippen molar-refractivity contribution < 1.29 is 32.4 Å². The van der Waals surface area contributed by atoms with Crippen LogP contribution in [0.5, 0.6) is 0 Å². The molecule has 0 atom stereocenters. The third-order valence-corrected chi connectivity index (χ3v) is 3.28. The molecule has 2 aromatic rings. The number of alkyl halides is 3. The Balaban J connectivity index is 2.10. The molecule has 0 radical (unpaired) electrons. The zero-order valence-corrected chi connectivity index (χ0v) is 13.2. The van der Waals surface area contributed by atoms with Crippen molar-refractivity contribution in [1.29, 1.82) is 0 Å². The Morgan fingerprint density at radius 3 is 2.54 bits per heavy atom. The Hall–Kier alpha value is -3.37. The average molecular weight is 371 g/mol. The van der Waals surface area contributed by atoms with Gasteiger partial charge in [0.05, 0.1) is 16.2 Å². The molecule has 0 fully saturated rings. The van der Waals surface area contributed by atoms with Gasteiger partial charge in [-0.3, -0.25) is 14.9 Å². The van der Waals surface area contributed by atoms with Crippen LogP contribution in [0.4, 0.5) is 24.5 Å². The molecule has 1 heterocycles. The van der Waals surface area contributed by atoms with Crippen LogP contribution in [0, 0.1) is 10.1 Å². The van der Waals surface area contributed by atoms with E-state index in [-0.39, 0.29) is 5.69 Å². The number of nitrogens with one attached hydrogen (secondary N) is 1. The number of esters is 1. The van der Waals surface area contributed by atoms with Gasteiger partial charge in [0.2, 0.25) is 0 Å². The van der Waals surface area contributed by atoms with Gasteiger partial charge in [-0.2, -0.15) is 13.2 Å². The Bertz CT molecular complexity index is 860. The van der Waals surface area contributed by atoms with Crippen molar-refractivity contribution in [2.24, 2.45) is 7.05 Å². The number of benzene rings is 1. The quantitative estimate of drug-likeness (QED) is 0.494. The summed E-state index contributed by atoms with van der Waals surface area (Å²) in [5, 5.41) is 12.6. The zero-order valence-electron chi connectivity index (χ0n) is 13.2. The van der Waals surface area contributed by atoms with Gasteiger partial charge in [-0.1, -0.05) is 0 Å². The minimum atomic E-state index is -4.92. The van der Waals surface area contributed by atoms with Gasteiger partial charge in [-0.25, -0.2) is 4.79 Å². The molecule has 8 nitrogen and oxygen atoms in total. The fraction of sp³-hybridized carbons (Fsp3) is 0.200. The highest BCUT2D eigenvalue weighted by molar-refractivity contribution is 5.95. The lowest BCUT2D eigenvalue weighted by molar-refractivity contribution is -0.385. The van der Waals surface area contributed by atoms with Crippen molar-refractivity contribution in [2.45, 2.75) is 6.18 Å². The Kier molecular flexibility index (Phi) is 5.29. The Morgan fingerprint density at radius 1 is 1.31 bits per heavy atom. The van der Waals surface area contributed by atoms with E-state index in [4.69, 9.17) is 4.74 Å². The van der Waals surface area contributed by atoms with E-state index < -0.39 is 46.5 Å². The van der Waals surface area contributed by atoms with Gasteiger partial charge in [-0.05, 0) is 18.2 Å². The highest BCUT2D eigenvalue weighted by Gasteiger charge is 2.35.